The normalized spacial score (nSPS) is 21.8. The van der Waals surface area contributed by atoms with Crippen molar-refractivity contribution >= 4 is 5.97 Å². The van der Waals surface area contributed by atoms with E-state index in [1.807, 2.05) is 52.9 Å². The summed E-state index contributed by atoms with van der Waals surface area (Å²) in [7, 11) is 1.96. The van der Waals surface area contributed by atoms with Crippen LogP contribution in [0.4, 0.5) is 4.39 Å². The maximum atomic E-state index is 14.3. The third kappa shape index (κ3) is 8.18. The van der Waals surface area contributed by atoms with E-state index in [0.717, 1.165) is 75.3 Å². The average molecular weight is 633 g/mol. The van der Waals surface area contributed by atoms with Gasteiger partial charge in [0.1, 0.15) is 17.6 Å². The van der Waals surface area contributed by atoms with Crippen molar-refractivity contribution in [2.24, 2.45) is 11.8 Å². The minimum absolute atomic E-state index is 0.00939. The molecule has 3 aromatic rings. The molecule has 1 aromatic heterocycles. The number of aryl methyl sites for hydroxylation is 1. The average Bonchev–Trinajstić information content (AvgIpc) is 3.62. The molecule has 8 heteroatoms. The molecule has 7 nitrogen and oxygen atoms in total. The lowest BCUT2D eigenvalue weighted by atomic mass is 9.87. The summed E-state index contributed by atoms with van der Waals surface area (Å²) >= 11 is 0. The van der Waals surface area contributed by atoms with Crippen molar-refractivity contribution in [1.82, 2.24) is 19.6 Å². The second-order valence-electron chi connectivity index (χ2n) is 14.2. The summed E-state index contributed by atoms with van der Waals surface area (Å²) in [4.78, 5) is 16.8. The molecule has 2 fully saturated rings. The number of rotatable bonds is 13. The molecule has 250 valence electrons. The Morgan fingerprint density at radius 2 is 1.78 bits per heavy atom. The van der Waals surface area contributed by atoms with Gasteiger partial charge in [-0.3, -0.25) is 14.4 Å². The van der Waals surface area contributed by atoms with Crippen LogP contribution in [0, 0.1) is 17.7 Å². The maximum absolute atomic E-state index is 14.3. The van der Waals surface area contributed by atoms with Crippen LogP contribution in [0.15, 0.2) is 54.6 Å². The summed E-state index contributed by atoms with van der Waals surface area (Å²) < 4.78 is 22.3. The fourth-order valence-electron chi connectivity index (χ4n) is 8.00. The Labute approximate surface area is 274 Å². The highest BCUT2D eigenvalue weighted by molar-refractivity contribution is 5.73. The highest BCUT2D eigenvalue weighted by Crippen LogP contribution is 2.43. The third-order valence-corrected chi connectivity index (χ3v) is 10.2. The molecule has 0 amide bonds. The Balaban J connectivity index is 1.23. The van der Waals surface area contributed by atoms with Gasteiger partial charge in [0.15, 0.2) is 0 Å². The lowest BCUT2D eigenvalue weighted by molar-refractivity contribution is -0.145. The first-order chi connectivity index (χ1) is 22.0. The second kappa shape index (κ2) is 15.1. The molecule has 2 aliphatic rings. The number of hydrogen-bond acceptors (Lipinski definition) is 5. The fraction of sp³-hybridized carbons (Fsp3) is 0.579. The van der Waals surface area contributed by atoms with E-state index in [4.69, 9.17) is 9.84 Å². The van der Waals surface area contributed by atoms with E-state index in [9.17, 15) is 14.3 Å². The molecule has 0 bridgehead atoms. The number of carboxylic acid groups (broad SMARTS) is 1. The second-order valence-corrected chi connectivity index (χ2v) is 14.2. The molecular weight excluding hydrogens is 579 g/mol. The van der Waals surface area contributed by atoms with Crippen LogP contribution in [0.5, 0.6) is 5.75 Å². The number of piperidine rings is 1. The molecule has 46 heavy (non-hydrogen) atoms. The third-order valence-electron chi connectivity index (χ3n) is 10.2. The van der Waals surface area contributed by atoms with Crippen LogP contribution in [0.25, 0.3) is 0 Å². The molecule has 0 spiro atoms. The molecule has 1 N–H and O–H groups in total. The van der Waals surface area contributed by atoms with Crippen LogP contribution >= 0.6 is 0 Å². The Hall–Kier alpha value is -3.23. The highest BCUT2D eigenvalue weighted by atomic mass is 19.1. The van der Waals surface area contributed by atoms with Crippen molar-refractivity contribution in [1.29, 1.82) is 0 Å². The number of carboxylic acids is 1. The van der Waals surface area contributed by atoms with Gasteiger partial charge in [-0.25, -0.2) is 4.39 Å². The Bertz CT molecular complexity index is 1430. The van der Waals surface area contributed by atoms with E-state index in [2.05, 4.69) is 39.6 Å². The van der Waals surface area contributed by atoms with Gasteiger partial charge in [0, 0.05) is 37.2 Å². The summed E-state index contributed by atoms with van der Waals surface area (Å²) in [6, 6.07) is 17.3. The zero-order chi connectivity index (χ0) is 33.0. The predicted molar refractivity (Wildman–Crippen MR) is 181 cm³/mol. The van der Waals surface area contributed by atoms with Gasteiger partial charge in [-0.2, -0.15) is 5.10 Å². The summed E-state index contributed by atoms with van der Waals surface area (Å²) in [5, 5.41) is 15.0. The largest absolute Gasteiger partial charge is 0.491 e. The van der Waals surface area contributed by atoms with E-state index < -0.39 is 12.0 Å². The van der Waals surface area contributed by atoms with E-state index >= 15 is 0 Å². The monoisotopic (exact) mass is 632 g/mol. The van der Waals surface area contributed by atoms with Gasteiger partial charge in [-0.15, -0.1) is 0 Å². The van der Waals surface area contributed by atoms with Crippen molar-refractivity contribution in [2.45, 2.75) is 103 Å². The van der Waals surface area contributed by atoms with Crippen LogP contribution in [0.3, 0.4) is 0 Å². The van der Waals surface area contributed by atoms with Gasteiger partial charge >= 0.3 is 5.97 Å². The first-order valence-corrected chi connectivity index (χ1v) is 17.3. The number of aliphatic carboxylic acids is 1. The standard InChI is InChI=1S/C38H53FN4O3/c1-7-43-36(22-32(40-43)19-27-11-13-34(14-12-27)46-26(4)5)28-15-17-42(18-16-28)24-30-21-33(41(6)37(25(2)3)38(44)45)23-35(30)29-9-8-10-31(39)20-29/h8-14,20,22,25-26,28,30,33,35,37H,7,15-19,21,23-24H2,1-6H3,(H,44,45)/t30?,33?,35?,37-/m1/s1. The fourth-order valence-corrected chi connectivity index (χ4v) is 8.00. The van der Waals surface area contributed by atoms with Crippen molar-refractivity contribution < 1.29 is 19.0 Å². The Kier molecular flexibility index (Phi) is 11.2. The van der Waals surface area contributed by atoms with Crippen molar-refractivity contribution in [3.05, 3.63) is 82.9 Å². The Morgan fingerprint density at radius 3 is 2.39 bits per heavy atom. The molecule has 1 saturated heterocycles. The molecule has 2 heterocycles. The number of likely N-dealkylation sites (tertiary alicyclic amines) is 1. The van der Waals surface area contributed by atoms with Crippen molar-refractivity contribution in [3.8, 4) is 5.75 Å². The van der Waals surface area contributed by atoms with E-state index in [0.29, 0.717) is 11.8 Å². The first kappa shape index (κ1) is 34.1. The number of likely N-dealkylation sites (N-methyl/N-ethyl adjacent to an activating group) is 1. The minimum atomic E-state index is -0.769. The molecule has 1 aliphatic carbocycles. The number of benzene rings is 2. The van der Waals surface area contributed by atoms with Gasteiger partial charge in [-0.05, 0) is 126 Å². The van der Waals surface area contributed by atoms with E-state index in [-0.39, 0.29) is 29.8 Å². The molecule has 1 aliphatic heterocycles. The predicted octanol–water partition coefficient (Wildman–Crippen LogP) is 7.20. The number of aromatic nitrogens is 2. The lowest BCUT2D eigenvalue weighted by Crippen LogP contribution is -2.47. The van der Waals surface area contributed by atoms with Gasteiger partial charge in [0.2, 0.25) is 0 Å². The molecule has 0 radical (unpaired) electrons. The minimum Gasteiger partial charge on any atom is -0.491 e. The van der Waals surface area contributed by atoms with Gasteiger partial charge in [0.25, 0.3) is 0 Å². The smallest absolute Gasteiger partial charge is 0.321 e. The number of hydrogen-bond donors (Lipinski definition) is 1. The van der Waals surface area contributed by atoms with Crippen molar-refractivity contribution in [2.75, 3.05) is 26.7 Å². The van der Waals surface area contributed by atoms with Gasteiger partial charge < -0.3 is 14.7 Å². The van der Waals surface area contributed by atoms with Crippen LogP contribution in [-0.4, -0.2) is 75.5 Å². The van der Waals surface area contributed by atoms with Crippen LogP contribution in [-0.2, 0) is 17.8 Å². The van der Waals surface area contributed by atoms with Gasteiger partial charge in [-0.1, -0.05) is 38.1 Å². The van der Waals surface area contributed by atoms with E-state index in [1.165, 1.54) is 17.3 Å². The van der Waals surface area contributed by atoms with Crippen LogP contribution in [0.1, 0.15) is 94.7 Å². The van der Waals surface area contributed by atoms with Crippen LogP contribution in [0.2, 0.25) is 0 Å². The topological polar surface area (TPSA) is 70.8 Å². The maximum Gasteiger partial charge on any atom is 0.321 e. The number of ether oxygens (including phenoxy) is 1. The summed E-state index contributed by atoms with van der Waals surface area (Å²) in [6.07, 6.45) is 4.91. The van der Waals surface area contributed by atoms with Crippen LogP contribution < -0.4 is 4.74 Å². The number of nitrogens with zero attached hydrogens (tertiary/aromatic N) is 4. The van der Waals surface area contributed by atoms with Gasteiger partial charge in [0.05, 0.1) is 11.8 Å². The summed E-state index contributed by atoms with van der Waals surface area (Å²) in [5.74, 6) is 0.957. The molecule has 1 saturated carbocycles. The molecule has 4 atom stereocenters. The molecular formula is C38H53FN4O3. The lowest BCUT2D eigenvalue weighted by Gasteiger charge is -2.35. The molecule has 2 aromatic carbocycles. The Morgan fingerprint density at radius 1 is 1.07 bits per heavy atom. The quantitative estimate of drug-likeness (QED) is 0.215. The zero-order valence-corrected chi connectivity index (χ0v) is 28.5. The summed E-state index contributed by atoms with van der Waals surface area (Å²) in [6.45, 7) is 14.0. The molecule has 5 rings (SSSR count). The summed E-state index contributed by atoms with van der Waals surface area (Å²) in [5.41, 5.74) is 4.71. The number of carbonyl (C=O) groups is 1. The zero-order valence-electron chi connectivity index (χ0n) is 28.5. The van der Waals surface area contributed by atoms with E-state index in [1.54, 1.807) is 12.1 Å². The highest BCUT2D eigenvalue weighted by Gasteiger charge is 2.42. The first-order valence-electron chi connectivity index (χ1n) is 17.3. The molecule has 3 unspecified atom stereocenters. The number of halogens is 1. The SMILES string of the molecule is CCn1nc(Cc2ccc(OC(C)C)cc2)cc1C1CCN(CC2CC(N(C)[C@@H](C(=O)O)C(C)C)CC2c2cccc(F)c2)CC1. The van der Waals surface area contributed by atoms with Crippen molar-refractivity contribution in [3.63, 3.8) is 0 Å².